The number of piperidine rings is 1. The van der Waals surface area contributed by atoms with Gasteiger partial charge in [0.1, 0.15) is 6.04 Å². The normalized spacial score (nSPS) is 15.3. The molecule has 0 saturated carbocycles. The molecule has 1 heterocycles. The second-order valence-corrected chi connectivity index (χ2v) is 8.71. The highest BCUT2D eigenvalue weighted by Gasteiger charge is 2.26. The Kier molecular flexibility index (Phi) is 8.39. The van der Waals surface area contributed by atoms with E-state index in [1.165, 1.54) is 38.4 Å². The van der Waals surface area contributed by atoms with E-state index < -0.39 is 28.6 Å². The number of carboxylic acids is 1. The first-order chi connectivity index (χ1) is 13.8. The zero-order valence-corrected chi connectivity index (χ0v) is 17.6. The van der Waals surface area contributed by atoms with Crippen LogP contribution in [0.1, 0.15) is 19.3 Å². The Hall–Kier alpha value is -2.20. The van der Waals surface area contributed by atoms with Crippen LogP contribution in [0.25, 0.3) is 10.8 Å². The van der Waals surface area contributed by atoms with Gasteiger partial charge in [-0.15, -0.1) is 0 Å². The van der Waals surface area contributed by atoms with Crippen LogP contribution in [0.4, 0.5) is 5.69 Å². The third-order valence-electron chi connectivity index (χ3n) is 4.62. The van der Waals surface area contributed by atoms with Crippen molar-refractivity contribution in [1.82, 2.24) is 10.0 Å². The fourth-order valence-electron chi connectivity index (χ4n) is 3.11. The molecule has 1 aliphatic heterocycles. The molecule has 160 valence electrons. The fourth-order valence-corrected chi connectivity index (χ4v) is 4.51. The van der Waals surface area contributed by atoms with Crippen molar-refractivity contribution in [2.75, 3.05) is 38.7 Å². The van der Waals surface area contributed by atoms with Gasteiger partial charge in [-0.05, 0) is 38.1 Å². The first-order valence-electron chi connectivity index (χ1n) is 9.53. The maximum Gasteiger partial charge on any atom is 0.324 e. The van der Waals surface area contributed by atoms with Crippen LogP contribution in [-0.4, -0.2) is 64.4 Å². The van der Waals surface area contributed by atoms with Gasteiger partial charge in [-0.1, -0.05) is 30.7 Å². The van der Waals surface area contributed by atoms with Crippen molar-refractivity contribution >= 4 is 32.5 Å². The van der Waals surface area contributed by atoms with Crippen molar-refractivity contribution in [3.8, 4) is 0 Å². The van der Waals surface area contributed by atoms with Crippen LogP contribution >= 0.6 is 0 Å². The summed E-state index contributed by atoms with van der Waals surface area (Å²) >= 11 is 0. The molecule has 0 aliphatic carbocycles. The third-order valence-corrected chi connectivity index (χ3v) is 6.15. The Morgan fingerprint density at radius 2 is 1.72 bits per heavy atom. The van der Waals surface area contributed by atoms with E-state index >= 15 is 0 Å². The first-order valence-corrected chi connectivity index (χ1v) is 11.0. The molecule has 0 spiro atoms. The maximum atomic E-state index is 12.5. The summed E-state index contributed by atoms with van der Waals surface area (Å²) in [7, 11) is -0.400. The standard InChI is InChI=1S/C15H18N2O5S.C5H11N/c1-17(2)13-7-3-6-11-10(13)5-4-8-14(11)23(21,22)16-12(9-18)15(19)20;1-2-4-6-5-3-1/h3-8,12,16,18H,9H2,1-2H3,(H,19,20);6H,1-5H2. The summed E-state index contributed by atoms with van der Waals surface area (Å²) in [5, 5.41) is 22.4. The van der Waals surface area contributed by atoms with Crippen LogP contribution < -0.4 is 14.9 Å². The average Bonchev–Trinajstić information content (AvgIpc) is 2.72. The molecule has 3 rings (SSSR count). The number of hydrogen-bond donors (Lipinski definition) is 4. The number of benzene rings is 2. The van der Waals surface area contributed by atoms with Crippen LogP contribution in [-0.2, 0) is 14.8 Å². The number of rotatable bonds is 6. The van der Waals surface area contributed by atoms with Crippen molar-refractivity contribution in [2.24, 2.45) is 0 Å². The topological polar surface area (TPSA) is 119 Å². The van der Waals surface area contributed by atoms with Crippen LogP contribution in [0.3, 0.4) is 0 Å². The number of nitrogens with one attached hydrogen (secondary N) is 2. The van der Waals surface area contributed by atoms with Gasteiger partial charge in [0.2, 0.25) is 10.0 Å². The van der Waals surface area contributed by atoms with Crippen molar-refractivity contribution < 1.29 is 23.4 Å². The summed E-state index contributed by atoms with van der Waals surface area (Å²) in [5.74, 6) is -1.44. The molecule has 29 heavy (non-hydrogen) atoms. The molecule has 0 aromatic heterocycles. The van der Waals surface area contributed by atoms with Gasteiger partial charge in [0.25, 0.3) is 0 Å². The molecule has 1 fully saturated rings. The average molecular weight is 424 g/mol. The minimum atomic E-state index is -4.10. The molecule has 0 amide bonds. The Morgan fingerprint density at radius 3 is 2.21 bits per heavy atom. The smallest absolute Gasteiger partial charge is 0.324 e. The van der Waals surface area contributed by atoms with Gasteiger partial charge in [0.15, 0.2) is 0 Å². The number of carboxylic acid groups (broad SMARTS) is 1. The Labute approximate surface area is 171 Å². The number of carbonyl (C=O) groups is 1. The van der Waals surface area contributed by atoms with E-state index in [0.29, 0.717) is 5.39 Å². The third kappa shape index (κ3) is 6.14. The minimum Gasteiger partial charge on any atom is -0.480 e. The summed E-state index contributed by atoms with van der Waals surface area (Å²) in [6.45, 7) is 1.67. The summed E-state index contributed by atoms with van der Waals surface area (Å²) in [5.41, 5.74) is 0.844. The predicted molar refractivity (Wildman–Crippen MR) is 114 cm³/mol. The van der Waals surface area contributed by atoms with Crippen molar-refractivity contribution in [3.05, 3.63) is 36.4 Å². The lowest BCUT2D eigenvalue weighted by Gasteiger charge is -2.18. The first kappa shape index (κ1) is 23.1. The van der Waals surface area contributed by atoms with Crippen molar-refractivity contribution in [3.63, 3.8) is 0 Å². The second-order valence-electron chi connectivity index (χ2n) is 7.03. The molecule has 2 aromatic rings. The minimum absolute atomic E-state index is 0.0293. The Balaban J connectivity index is 0.000000426. The molecule has 1 unspecified atom stereocenters. The van der Waals surface area contributed by atoms with Crippen LogP contribution in [0, 0.1) is 0 Å². The quantitative estimate of drug-likeness (QED) is 0.554. The van der Waals surface area contributed by atoms with Gasteiger partial charge in [-0.25, -0.2) is 8.42 Å². The number of anilines is 1. The number of sulfonamides is 1. The van der Waals surface area contributed by atoms with E-state index in [1.807, 2.05) is 29.8 Å². The molecule has 0 bridgehead atoms. The lowest BCUT2D eigenvalue weighted by Crippen LogP contribution is -2.43. The SMILES string of the molecule is C1CCNCC1.CN(C)c1cccc2c(S(=O)(=O)NC(CO)C(=O)O)cccc12. The monoisotopic (exact) mass is 423 g/mol. The van der Waals surface area contributed by atoms with Gasteiger partial charge >= 0.3 is 5.97 Å². The van der Waals surface area contributed by atoms with Crippen molar-refractivity contribution in [2.45, 2.75) is 30.2 Å². The van der Waals surface area contributed by atoms with Crippen LogP contribution in [0.15, 0.2) is 41.3 Å². The van der Waals surface area contributed by atoms with Crippen molar-refractivity contribution in [1.29, 1.82) is 0 Å². The zero-order chi connectivity index (χ0) is 21.4. The fraction of sp³-hybridized carbons (Fsp3) is 0.450. The lowest BCUT2D eigenvalue weighted by molar-refractivity contribution is -0.139. The van der Waals surface area contributed by atoms with E-state index in [1.54, 1.807) is 24.3 Å². The highest BCUT2D eigenvalue weighted by molar-refractivity contribution is 7.89. The highest BCUT2D eigenvalue weighted by atomic mass is 32.2. The number of aliphatic hydroxyl groups excluding tert-OH is 1. The van der Waals surface area contributed by atoms with Crippen LogP contribution in [0.5, 0.6) is 0 Å². The van der Waals surface area contributed by atoms with E-state index in [2.05, 4.69) is 5.32 Å². The Bertz CT molecular complexity index is 915. The van der Waals surface area contributed by atoms with E-state index in [-0.39, 0.29) is 4.90 Å². The van der Waals surface area contributed by atoms with Crippen LogP contribution in [0.2, 0.25) is 0 Å². The summed E-state index contributed by atoms with van der Waals surface area (Å²) in [6, 6.07) is 8.46. The number of nitrogens with zero attached hydrogens (tertiary/aromatic N) is 1. The largest absolute Gasteiger partial charge is 0.480 e. The second kappa shape index (κ2) is 10.5. The molecule has 4 N–H and O–H groups in total. The number of hydrogen-bond acceptors (Lipinski definition) is 6. The number of aliphatic hydroxyl groups is 1. The molecule has 2 aromatic carbocycles. The molecular weight excluding hydrogens is 394 g/mol. The number of aliphatic carboxylic acids is 1. The zero-order valence-electron chi connectivity index (χ0n) is 16.8. The molecule has 0 radical (unpaired) electrons. The maximum absolute atomic E-state index is 12.5. The van der Waals surface area contributed by atoms with Gasteiger partial charge in [0.05, 0.1) is 11.5 Å². The van der Waals surface area contributed by atoms with Gasteiger partial charge in [0, 0.05) is 30.6 Å². The molecule has 1 atom stereocenters. The predicted octanol–water partition coefficient (Wildman–Crippen LogP) is 1.39. The van der Waals surface area contributed by atoms with Gasteiger partial charge in [-0.2, -0.15) is 4.72 Å². The summed E-state index contributed by atoms with van der Waals surface area (Å²) in [4.78, 5) is 12.8. The molecule has 9 heteroatoms. The molecule has 1 aliphatic rings. The lowest BCUT2D eigenvalue weighted by atomic mass is 10.1. The van der Waals surface area contributed by atoms with E-state index in [4.69, 9.17) is 10.2 Å². The molecule has 8 nitrogen and oxygen atoms in total. The summed E-state index contributed by atoms with van der Waals surface area (Å²) in [6.07, 6.45) is 4.22. The molecule has 1 saturated heterocycles. The number of fused-ring (bicyclic) bond motifs is 1. The van der Waals surface area contributed by atoms with Gasteiger partial charge in [-0.3, -0.25) is 4.79 Å². The highest BCUT2D eigenvalue weighted by Crippen LogP contribution is 2.30. The Morgan fingerprint density at radius 1 is 1.10 bits per heavy atom. The van der Waals surface area contributed by atoms with Gasteiger partial charge < -0.3 is 20.4 Å². The summed E-state index contributed by atoms with van der Waals surface area (Å²) < 4.78 is 27.0. The molecular formula is C20H29N3O5S. The van der Waals surface area contributed by atoms with E-state index in [9.17, 15) is 13.2 Å². The van der Waals surface area contributed by atoms with E-state index in [0.717, 1.165) is 11.1 Å².